The molecule has 0 aromatic heterocycles. The molecule has 0 aromatic carbocycles. The minimum absolute atomic E-state index is 0.283. The van der Waals surface area contributed by atoms with Crippen molar-refractivity contribution < 1.29 is 61.3 Å². The molecule has 0 bridgehead atoms. The third-order valence-corrected chi connectivity index (χ3v) is 9.29. The summed E-state index contributed by atoms with van der Waals surface area (Å²) in [6.07, 6.45) is 2.35. The van der Waals surface area contributed by atoms with Gasteiger partial charge in [0, 0.05) is 12.8 Å². The van der Waals surface area contributed by atoms with Gasteiger partial charge in [-0.15, -0.1) is 0 Å². The van der Waals surface area contributed by atoms with E-state index in [4.69, 9.17) is 9.47 Å². The molecule has 0 saturated carbocycles. The van der Waals surface area contributed by atoms with Gasteiger partial charge in [-0.25, -0.2) is 9.59 Å². The van der Waals surface area contributed by atoms with Gasteiger partial charge in [-0.1, -0.05) is 98.8 Å². The highest BCUT2D eigenvalue weighted by molar-refractivity contribution is 5.94. The van der Waals surface area contributed by atoms with Crippen LogP contribution in [0.4, 0.5) is 13.2 Å². The van der Waals surface area contributed by atoms with Gasteiger partial charge in [0.2, 0.25) is 17.7 Å². The van der Waals surface area contributed by atoms with Crippen LogP contribution in [0, 0.1) is 17.8 Å². The largest absolute Gasteiger partial charge is 0.490 e. The average molecular weight is 752 g/mol. The number of rotatable bonds is 17. The van der Waals surface area contributed by atoms with Crippen molar-refractivity contribution in [3.05, 3.63) is 0 Å². The van der Waals surface area contributed by atoms with E-state index in [0.29, 0.717) is 6.42 Å². The lowest BCUT2D eigenvalue weighted by atomic mass is 9.86. The molecule has 1 rings (SSSR count). The quantitative estimate of drug-likeness (QED) is 0.0943. The topological polar surface area (TPSA) is 186 Å². The highest BCUT2D eigenvalue weighted by atomic mass is 19.4. The first-order valence-corrected chi connectivity index (χ1v) is 18.5. The Morgan fingerprint density at radius 2 is 1.31 bits per heavy atom. The lowest BCUT2D eigenvalue weighted by Crippen LogP contribution is -2.61. The minimum atomic E-state index is -5.43. The molecule has 0 aliphatic carbocycles. The molecule has 1 heterocycles. The molecule has 8 atom stereocenters. The molecule has 16 heteroatoms. The number of alkyl halides is 3. The molecule has 1 saturated heterocycles. The van der Waals surface area contributed by atoms with Gasteiger partial charge in [0.25, 0.3) is 0 Å². The molecule has 52 heavy (non-hydrogen) atoms. The van der Waals surface area contributed by atoms with Gasteiger partial charge in [-0.05, 0) is 25.7 Å². The number of cyclic esters (lactones) is 1. The zero-order chi connectivity index (χ0) is 39.6. The molecule has 0 radical (unpaired) electrons. The Balaban J connectivity index is 3.38. The summed E-state index contributed by atoms with van der Waals surface area (Å²) < 4.78 is 54.4. The van der Waals surface area contributed by atoms with Gasteiger partial charge in [0.05, 0.1) is 12.0 Å². The number of carbonyl (C=O) groups excluding carboxylic acids is 6. The van der Waals surface area contributed by atoms with E-state index in [9.17, 15) is 47.0 Å². The van der Waals surface area contributed by atoms with Crippen LogP contribution >= 0.6 is 0 Å². The van der Waals surface area contributed by atoms with Gasteiger partial charge in [-0.2, -0.15) is 13.2 Å². The Kier molecular flexibility index (Phi) is 20.9. The van der Waals surface area contributed by atoms with E-state index in [2.05, 4.69) is 27.6 Å². The second-order valence-electron chi connectivity index (χ2n) is 14.1. The number of hydrogen-bond donors (Lipinski definition) is 4. The lowest BCUT2D eigenvalue weighted by Gasteiger charge is -2.32. The molecular weight excluding hydrogens is 691 g/mol. The van der Waals surface area contributed by atoms with E-state index < -0.39 is 103 Å². The van der Waals surface area contributed by atoms with E-state index in [-0.39, 0.29) is 6.42 Å². The molecule has 8 unspecified atom stereocenters. The zero-order valence-electron chi connectivity index (χ0n) is 31.6. The fourth-order valence-electron chi connectivity index (χ4n) is 5.89. The number of halogens is 3. The smallest absolute Gasteiger partial charge is 0.463 e. The van der Waals surface area contributed by atoms with Crippen molar-refractivity contribution in [3.8, 4) is 0 Å². The van der Waals surface area contributed by atoms with Crippen molar-refractivity contribution in [3.63, 3.8) is 0 Å². The number of carbonyl (C=O) groups is 6. The van der Waals surface area contributed by atoms with Crippen LogP contribution in [0.5, 0.6) is 0 Å². The zero-order valence-corrected chi connectivity index (χ0v) is 31.6. The number of nitrogens with one attached hydrogen (secondary N) is 3. The third kappa shape index (κ3) is 16.5. The number of unbranched alkanes of at least 4 members (excludes halogenated alkanes) is 10. The van der Waals surface area contributed by atoms with Crippen LogP contribution in [0.3, 0.4) is 0 Å². The third-order valence-electron chi connectivity index (χ3n) is 9.29. The van der Waals surface area contributed by atoms with Crippen LogP contribution in [0.1, 0.15) is 126 Å². The number of ether oxygens (including phenoxy) is 3. The van der Waals surface area contributed by atoms with Gasteiger partial charge < -0.3 is 35.3 Å². The molecule has 3 amide bonds. The van der Waals surface area contributed by atoms with Gasteiger partial charge in [0.1, 0.15) is 30.9 Å². The van der Waals surface area contributed by atoms with E-state index >= 15 is 0 Å². The standard InChI is InChI=1S/C36H60F3N3O10/c1-8-9-10-11-12-13-14-15-16-17-18-19-27-22(4)30(44)23(5)31(45)41-28(21(2)3)32(46)42-29(24(6)51-35(49)36(37,38)39)33(47)40-26(34(48)52-27)20-50-25(7)43/h21-24,26-30,44H,8-20H2,1-7H3,(H,40,47)(H,41,45)(H,42,46). The molecule has 1 fully saturated rings. The van der Waals surface area contributed by atoms with Crippen molar-refractivity contribution in [2.24, 2.45) is 17.8 Å². The second kappa shape index (κ2) is 23.3. The predicted octanol–water partition coefficient (Wildman–Crippen LogP) is 4.41. The molecule has 1 aliphatic heterocycles. The van der Waals surface area contributed by atoms with E-state index in [1.807, 2.05) is 0 Å². The SMILES string of the molecule is CCCCCCCCCCCCCC1OC(=O)C(COC(C)=O)NC(=O)C(C(C)OC(=O)C(F)(F)F)NC(=O)C(C(C)C)NC(=O)C(C)C(O)C1C. The molecule has 0 spiro atoms. The fraction of sp³-hybridized carbons (Fsp3) is 0.833. The molecule has 13 nitrogen and oxygen atoms in total. The van der Waals surface area contributed by atoms with Gasteiger partial charge >= 0.3 is 24.1 Å². The highest BCUT2D eigenvalue weighted by Crippen LogP contribution is 2.25. The number of aliphatic hydroxyl groups excluding tert-OH is 1. The second-order valence-corrected chi connectivity index (χ2v) is 14.1. The van der Waals surface area contributed by atoms with E-state index in [1.165, 1.54) is 39.0 Å². The Bertz CT molecular complexity index is 1170. The Labute approximate surface area is 305 Å². The minimum Gasteiger partial charge on any atom is -0.463 e. The van der Waals surface area contributed by atoms with Gasteiger partial charge in [-0.3, -0.25) is 19.2 Å². The van der Waals surface area contributed by atoms with Crippen molar-refractivity contribution in [2.75, 3.05) is 6.61 Å². The number of esters is 3. The van der Waals surface area contributed by atoms with Gasteiger partial charge in [0.15, 0.2) is 6.04 Å². The molecule has 300 valence electrons. The predicted molar refractivity (Wildman–Crippen MR) is 184 cm³/mol. The van der Waals surface area contributed by atoms with Crippen molar-refractivity contribution in [2.45, 2.75) is 168 Å². The van der Waals surface area contributed by atoms with Crippen molar-refractivity contribution >= 4 is 35.6 Å². The first-order chi connectivity index (χ1) is 24.3. The summed E-state index contributed by atoms with van der Waals surface area (Å²) >= 11 is 0. The molecular formula is C36H60F3N3O10. The summed E-state index contributed by atoms with van der Waals surface area (Å²) in [6, 6.07) is -5.07. The maximum Gasteiger partial charge on any atom is 0.490 e. The summed E-state index contributed by atoms with van der Waals surface area (Å²) in [5.41, 5.74) is 0. The van der Waals surface area contributed by atoms with Crippen LogP contribution in [0.15, 0.2) is 0 Å². The van der Waals surface area contributed by atoms with E-state index in [1.54, 1.807) is 20.8 Å². The molecule has 1 aliphatic rings. The summed E-state index contributed by atoms with van der Waals surface area (Å²) in [5.74, 6) is -10.1. The molecule has 4 N–H and O–H groups in total. The average Bonchev–Trinajstić information content (AvgIpc) is 3.07. The lowest BCUT2D eigenvalue weighted by molar-refractivity contribution is -0.205. The van der Waals surface area contributed by atoms with Crippen molar-refractivity contribution in [1.29, 1.82) is 0 Å². The van der Waals surface area contributed by atoms with Crippen molar-refractivity contribution in [1.82, 2.24) is 16.0 Å². The first-order valence-electron chi connectivity index (χ1n) is 18.5. The number of aliphatic hydroxyl groups is 1. The Morgan fingerprint density at radius 3 is 1.81 bits per heavy atom. The van der Waals surface area contributed by atoms with Crippen LogP contribution in [0.2, 0.25) is 0 Å². The summed E-state index contributed by atoms with van der Waals surface area (Å²) in [7, 11) is 0. The van der Waals surface area contributed by atoms with Crippen LogP contribution in [-0.4, -0.2) is 90.0 Å². The first kappa shape index (κ1) is 46.6. The number of amides is 3. The summed E-state index contributed by atoms with van der Waals surface area (Å²) in [5, 5.41) is 18.3. The normalized spacial score (nSPS) is 25.9. The summed E-state index contributed by atoms with van der Waals surface area (Å²) in [4.78, 5) is 77.3. The maximum atomic E-state index is 13.6. The maximum absolute atomic E-state index is 13.6. The van der Waals surface area contributed by atoms with Crippen LogP contribution < -0.4 is 16.0 Å². The fourth-order valence-corrected chi connectivity index (χ4v) is 5.89. The highest BCUT2D eigenvalue weighted by Gasteiger charge is 2.45. The monoisotopic (exact) mass is 751 g/mol. The Hall–Kier alpha value is -3.43. The molecule has 0 aromatic rings. The Morgan fingerprint density at radius 1 is 0.808 bits per heavy atom. The van der Waals surface area contributed by atoms with Crippen LogP contribution in [0.25, 0.3) is 0 Å². The summed E-state index contributed by atoms with van der Waals surface area (Å²) in [6.45, 7) is 9.57. The number of hydrogen-bond acceptors (Lipinski definition) is 10. The van der Waals surface area contributed by atoms with Crippen LogP contribution in [-0.2, 0) is 43.0 Å². The van der Waals surface area contributed by atoms with E-state index in [0.717, 1.165) is 46.0 Å².